The number of nitrogens with zero attached hydrogens (tertiary/aromatic N) is 2. The second-order valence-electron chi connectivity index (χ2n) is 6.81. The molecular formula is C21H15ClF3N3O5S. The number of sulfonamides is 1. The van der Waals surface area contributed by atoms with E-state index in [1.54, 1.807) is 6.07 Å². The lowest BCUT2D eigenvalue weighted by Crippen LogP contribution is -2.38. The maximum absolute atomic E-state index is 13.4. The molecule has 0 bridgehead atoms. The molecule has 34 heavy (non-hydrogen) atoms. The quantitative estimate of drug-likeness (QED) is 0.349. The number of hydrogen-bond acceptors (Lipinski definition) is 5. The molecule has 0 aliphatic heterocycles. The molecule has 0 spiro atoms. The number of para-hydroxylation sites is 2. The normalized spacial score (nSPS) is 11.6. The molecule has 0 aliphatic carbocycles. The highest BCUT2D eigenvalue weighted by Crippen LogP contribution is 2.36. The van der Waals surface area contributed by atoms with E-state index in [0.717, 1.165) is 24.3 Å². The number of nitro benzene ring substituents is 1. The number of anilines is 2. The van der Waals surface area contributed by atoms with Gasteiger partial charge < -0.3 is 5.32 Å². The summed E-state index contributed by atoms with van der Waals surface area (Å²) in [6.45, 7) is -0.873. The number of rotatable bonds is 7. The van der Waals surface area contributed by atoms with Crippen LogP contribution in [0.15, 0.2) is 77.7 Å². The summed E-state index contributed by atoms with van der Waals surface area (Å²) in [6, 6.07) is 14.6. The second-order valence-corrected chi connectivity index (χ2v) is 9.05. The number of amides is 1. The molecule has 3 aromatic rings. The van der Waals surface area contributed by atoms with Gasteiger partial charge >= 0.3 is 6.18 Å². The minimum absolute atomic E-state index is 0.0166. The maximum Gasteiger partial charge on any atom is 0.417 e. The Kier molecular flexibility index (Phi) is 7.12. The highest BCUT2D eigenvalue weighted by molar-refractivity contribution is 7.93. The molecule has 0 aromatic heterocycles. The summed E-state index contributed by atoms with van der Waals surface area (Å²) in [4.78, 5) is 22.5. The Hall–Kier alpha value is -3.64. The number of nitrogens with one attached hydrogen (secondary N) is 1. The average Bonchev–Trinajstić information content (AvgIpc) is 2.78. The number of halogens is 4. The average molecular weight is 514 g/mol. The van der Waals surface area contributed by atoms with E-state index in [0.29, 0.717) is 10.4 Å². The van der Waals surface area contributed by atoms with E-state index in [9.17, 15) is 36.5 Å². The minimum atomic E-state index is -4.77. The SMILES string of the molecule is O=C(CN(c1ccccc1)S(=O)(=O)c1ccccc1[N+](=O)[O-])Nc1ccc(Cl)c(C(F)(F)F)c1. The van der Waals surface area contributed by atoms with E-state index >= 15 is 0 Å². The molecule has 3 aromatic carbocycles. The van der Waals surface area contributed by atoms with Crippen LogP contribution in [0.3, 0.4) is 0 Å². The topological polar surface area (TPSA) is 110 Å². The predicted molar refractivity (Wildman–Crippen MR) is 119 cm³/mol. The van der Waals surface area contributed by atoms with Crippen LogP contribution in [0.2, 0.25) is 5.02 Å². The van der Waals surface area contributed by atoms with Gasteiger partial charge in [0, 0.05) is 11.8 Å². The van der Waals surface area contributed by atoms with E-state index in [1.807, 2.05) is 0 Å². The lowest BCUT2D eigenvalue weighted by atomic mass is 10.2. The monoisotopic (exact) mass is 513 g/mol. The molecule has 0 saturated heterocycles. The van der Waals surface area contributed by atoms with Crippen molar-refractivity contribution in [2.45, 2.75) is 11.1 Å². The Labute approximate surface area is 196 Å². The molecule has 0 saturated carbocycles. The zero-order valence-corrected chi connectivity index (χ0v) is 18.6. The Morgan fingerprint density at radius 2 is 1.65 bits per heavy atom. The minimum Gasteiger partial charge on any atom is -0.324 e. The molecule has 0 radical (unpaired) electrons. The van der Waals surface area contributed by atoms with Crippen LogP contribution >= 0.6 is 11.6 Å². The smallest absolute Gasteiger partial charge is 0.324 e. The highest BCUT2D eigenvalue weighted by atomic mass is 35.5. The van der Waals surface area contributed by atoms with Gasteiger partial charge in [0.2, 0.25) is 5.91 Å². The van der Waals surface area contributed by atoms with Gasteiger partial charge in [0.15, 0.2) is 4.90 Å². The van der Waals surface area contributed by atoms with E-state index in [-0.39, 0.29) is 11.4 Å². The van der Waals surface area contributed by atoms with Crippen LogP contribution in [0, 0.1) is 10.1 Å². The van der Waals surface area contributed by atoms with Crippen LogP contribution in [-0.4, -0.2) is 25.8 Å². The van der Waals surface area contributed by atoms with Gasteiger partial charge in [-0.25, -0.2) is 8.42 Å². The summed E-state index contributed by atoms with van der Waals surface area (Å²) in [7, 11) is -4.63. The Morgan fingerprint density at radius 3 is 2.26 bits per heavy atom. The summed E-state index contributed by atoms with van der Waals surface area (Å²) < 4.78 is 66.6. The first-order valence-corrected chi connectivity index (χ1v) is 11.2. The fraction of sp³-hybridized carbons (Fsp3) is 0.0952. The molecular weight excluding hydrogens is 499 g/mol. The summed E-state index contributed by atoms with van der Waals surface area (Å²) in [5.41, 5.74) is -2.13. The third-order valence-electron chi connectivity index (χ3n) is 4.52. The van der Waals surface area contributed by atoms with Crippen LogP contribution < -0.4 is 9.62 Å². The lowest BCUT2D eigenvalue weighted by Gasteiger charge is -2.24. The highest BCUT2D eigenvalue weighted by Gasteiger charge is 2.35. The van der Waals surface area contributed by atoms with Gasteiger partial charge in [0.25, 0.3) is 15.7 Å². The molecule has 1 amide bonds. The van der Waals surface area contributed by atoms with Gasteiger partial charge in [-0.2, -0.15) is 13.2 Å². The van der Waals surface area contributed by atoms with Gasteiger partial charge in [-0.3, -0.25) is 19.2 Å². The number of carbonyl (C=O) groups is 1. The van der Waals surface area contributed by atoms with Crippen molar-refractivity contribution in [3.05, 3.63) is 93.5 Å². The first kappa shape index (κ1) is 25.0. The first-order valence-electron chi connectivity index (χ1n) is 9.39. The van der Waals surface area contributed by atoms with Crippen molar-refractivity contribution in [2.24, 2.45) is 0 Å². The van der Waals surface area contributed by atoms with Crippen LogP contribution in [-0.2, 0) is 21.0 Å². The molecule has 0 fully saturated rings. The Balaban J connectivity index is 1.98. The van der Waals surface area contributed by atoms with Crippen molar-refractivity contribution >= 4 is 44.6 Å². The summed E-state index contributed by atoms with van der Waals surface area (Å²) in [6.07, 6.45) is -4.77. The number of alkyl halides is 3. The van der Waals surface area contributed by atoms with Crippen molar-refractivity contribution in [2.75, 3.05) is 16.2 Å². The number of carbonyl (C=O) groups excluding carboxylic acids is 1. The van der Waals surface area contributed by atoms with Crippen LogP contribution in [0.25, 0.3) is 0 Å². The zero-order chi connectivity index (χ0) is 25.1. The van der Waals surface area contributed by atoms with Crippen molar-refractivity contribution in [3.63, 3.8) is 0 Å². The van der Waals surface area contributed by atoms with Crippen molar-refractivity contribution in [1.82, 2.24) is 0 Å². The third-order valence-corrected chi connectivity index (χ3v) is 6.67. The molecule has 3 rings (SSSR count). The van der Waals surface area contributed by atoms with Crippen LogP contribution in [0.4, 0.5) is 30.2 Å². The molecule has 178 valence electrons. The van der Waals surface area contributed by atoms with Crippen molar-refractivity contribution in [1.29, 1.82) is 0 Å². The van der Waals surface area contributed by atoms with E-state index in [1.165, 1.54) is 36.4 Å². The first-order chi connectivity index (χ1) is 15.9. The molecule has 1 N–H and O–H groups in total. The number of benzene rings is 3. The van der Waals surface area contributed by atoms with Crippen LogP contribution in [0.1, 0.15) is 5.56 Å². The predicted octanol–water partition coefficient (Wildman–Crippen LogP) is 5.10. The van der Waals surface area contributed by atoms with Gasteiger partial charge in [-0.15, -0.1) is 0 Å². The molecule has 8 nitrogen and oxygen atoms in total. The van der Waals surface area contributed by atoms with Gasteiger partial charge in [-0.05, 0) is 36.4 Å². The van der Waals surface area contributed by atoms with Crippen molar-refractivity contribution < 1.29 is 31.3 Å². The summed E-state index contributed by atoms with van der Waals surface area (Å²) in [5, 5.41) is 13.0. The molecule has 0 aliphatic rings. The maximum atomic E-state index is 13.4. The van der Waals surface area contributed by atoms with E-state index < -0.39 is 54.7 Å². The van der Waals surface area contributed by atoms with E-state index in [4.69, 9.17) is 11.6 Å². The van der Waals surface area contributed by atoms with Crippen molar-refractivity contribution in [3.8, 4) is 0 Å². The molecule has 13 heteroatoms. The number of hydrogen-bond donors (Lipinski definition) is 1. The lowest BCUT2D eigenvalue weighted by molar-refractivity contribution is -0.387. The largest absolute Gasteiger partial charge is 0.417 e. The zero-order valence-electron chi connectivity index (χ0n) is 17.0. The van der Waals surface area contributed by atoms with Gasteiger partial charge in [0.05, 0.1) is 21.2 Å². The summed E-state index contributed by atoms with van der Waals surface area (Å²) >= 11 is 5.57. The standard InChI is InChI=1S/C21H15ClF3N3O5S/c22-17-11-10-14(12-16(17)21(23,24)25)26-20(29)13-27(15-6-2-1-3-7-15)34(32,33)19-9-5-4-8-18(19)28(30)31/h1-12H,13H2,(H,26,29). The van der Waals surface area contributed by atoms with Gasteiger partial charge in [0.1, 0.15) is 6.54 Å². The third kappa shape index (κ3) is 5.46. The Bertz CT molecular complexity index is 1330. The number of nitro groups is 1. The van der Waals surface area contributed by atoms with E-state index in [2.05, 4.69) is 5.32 Å². The Morgan fingerprint density at radius 1 is 1.03 bits per heavy atom. The van der Waals surface area contributed by atoms with Gasteiger partial charge in [-0.1, -0.05) is 41.9 Å². The fourth-order valence-electron chi connectivity index (χ4n) is 3.01. The molecule has 0 unspecified atom stereocenters. The van der Waals surface area contributed by atoms with Crippen LogP contribution in [0.5, 0.6) is 0 Å². The molecule has 0 heterocycles. The summed E-state index contributed by atoms with van der Waals surface area (Å²) in [5.74, 6) is -0.985. The second kappa shape index (κ2) is 9.69. The fourth-order valence-corrected chi connectivity index (χ4v) is 4.81. The molecule has 0 atom stereocenters.